The lowest BCUT2D eigenvalue weighted by molar-refractivity contribution is -0.120. The minimum atomic E-state index is -0.366. The first-order chi connectivity index (χ1) is 14.6. The molecule has 2 saturated carbocycles. The van der Waals surface area contributed by atoms with Crippen LogP contribution in [-0.4, -0.2) is 19.0 Å². The molecular weight excluding hydrogens is 374 g/mol. The first-order valence-electron chi connectivity index (χ1n) is 10.8. The van der Waals surface area contributed by atoms with E-state index in [1.54, 1.807) is 7.11 Å². The Hall–Kier alpha value is -2.93. The van der Waals surface area contributed by atoms with E-state index in [-0.39, 0.29) is 11.5 Å². The zero-order valence-electron chi connectivity index (χ0n) is 17.6. The van der Waals surface area contributed by atoms with Crippen molar-refractivity contribution in [3.63, 3.8) is 0 Å². The lowest BCUT2D eigenvalue weighted by atomic mass is 9.69. The molecule has 0 spiro atoms. The molecule has 2 aromatic carbocycles. The molecule has 0 amide bonds. The quantitative estimate of drug-likeness (QED) is 0.574. The highest BCUT2D eigenvalue weighted by Gasteiger charge is 2.36. The molecular formula is C26H29NO3. The summed E-state index contributed by atoms with van der Waals surface area (Å²) in [6.07, 6.45) is 7.42. The Balaban J connectivity index is 1.70. The summed E-state index contributed by atoms with van der Waals surface area (Å²) >= 11 is 0. The van der Waals surface area contributed by atoms with E-state index in [0.29, 0.717) is 18.6 Å². The molecule has 2 aromatic rings. The van der Waals surface area contributed by atoms with E-state index in [1.807, 2.05) is 30.3 Å². The number of nitrogen functional groups attached to an aromatic ring is 1. The third-order valence-electron chi connectivity index (χ3n) is 6.33. The van der Waals surface area contributed by atoms with Gasteiger partial charge in [-0.1, -0.05) is 17.9 Å². The molecule has 0 unspecified atom stereocenters. The highest BCUT2D eigenvalue weighted by molar-refractivity contribution is 5.80. The Kier molecular flexibility index (Phi) is 5.99. The normalized spacial score (nSPS) is 18.5. The van der Waals surface area contributed by atoms with E-state index in [2.05, 4.69) is 24.0 Å². The van der Waals surface area contributed by atoms with Crippen LogP contribution in [0.5, 0.6) is 11.5 Å². The van der Waals surface area contributed by atoms with Crippen molar-refractivity contribution >= 4 is 11.5 Å². The van der Waals surface area contributed by atoms with E-state index < -0.39 is 0 Å². The Labute approximate surface area is 178 Å². The van der Waals surface area contributed by atoms with E-state index in [0.717, 1.165) is 54.0 Å². The van der Waals surface area contributed by atoms with Gasteiger partial charge >= 0.3 is 0 Å². The predicted octanol–water partition coefficient (Wildman–Crippen LogP) is 5.03. The molecule has 2 N–H and O–H groups in total. The van der Waals surface area contributed by atoms with Crippen molar-refractivity contribution in [2.75, 3.05) is 12.8 Å². The van der Waals surface area contributed by atoms with E-state index in [9.17, 15) is 4.79 Å². The molecule has 2 fully saturated rings. The lowest BCUT2D eigenvalue weighted by Crippen LogP contribution is -2.30. The first kappa shape index (κ1) is 20.3. The third-order valence-corrected chi connectivity index (χ3v) is 6.33. The summed E-state index contributed by atoms with van der Waals surface area (Å²) < 4.78 is 11.9. The summed E-state index contributed by atoms with van der Waals surface area (Å²) in [6, 6.07) is 13.7. The van der Waals surface area contributed by atoms with Gasteiger partial charge < -0.3 is 15.2 Å². The molecule has 156 valence electrons. The van der Waals surface area contributed by atoms with Crippen molar-refractivity contribution in [2.45, 2.75) is 62.9 Å². The molecule has 0 aromatic heterocycles. The zero-order chi connectivity index (χ0) is 21.0. The average molecular weight is 404 g/mol. The number of methoxy groups -OCH3 is 1. The molecule has 0 heterocycles. The highest BCUT2D eigenvalue weighted by Crippen LogP contribution is 2.42. The lowest BCUT2D eigenvalue weighted by Gasteiger charge is -2.33. The minimum Gasteiger partial charge on any atom is -0.493 e. The summed E-state index contributed by atoms with van der Waals surface area (Å²) in [5.74, 6) is 8.70. The van der Waals surface area contributed by atoms with Crippen molar-refractivity contribution < 1.29 is 14.3 Å². The van der Waals surface area contributed by atoms with Crippen LogP contribution in [0.2, 0.25) is 0 Å². The monoisotopic (exact) mass is 403 g/mol. The number of carbonyl (C=O) groups is 1. The van der Waals surface area contributed by atoms with Crippen LogP contribution in [0, 0.1) is 11.8 Å². The Morgan fingerprint density at radius 3 is 2.37 bits per heavy atom. The largest absolute Gasteiger partial charge is 0.493 e. The van der Waals surface area contributed by atoms with Gasteiger partial charge in [-0.15, -0.1) is 0 Å². The second kappa shape index (κ2) is 8.83. The van der Waals surface area contributed by atoms with Gasteiger partial charge in [0.15, 0.2) is 11.5 Å². The molecule has 2 aliphatic carbocycles. The van der Waals surface area contributed by atoms with Crippen LogP contribution in [0.15, 0.2) is 42.5 Å². The molecule has 30 heavy (non-hydrogen) atoms. The van der Waals surface area contributed by atoms with Crippen molar-refractivity contribution in [2.24, 2.45) is 0 Å². The number of rotatable bonds is 4. The number of carbonyl (C=O) groups excluding carboxylic acids is 1. The molecule has 0 saturated heterocycles. The Bertz CT molecular complexity index is 952. The maximum Gasteiger partial charge on any atom is 0.161 e. The average Bonchev–Trinajstić information content (AvgIpc) is 3.28. The Morgan fingerprint density at radius 2 is 1.70 bits per heavy atom. The Morgan fingerprint density at radius 1 is 1.00 bits per heavy atom. The van der Waals surface area contributed by atoms with Crippen LogP contribution in [0.3, 0.4) is 0 Å². The topological polar surface area (TPSA) is 61.5 Å². The molecule has 4 heteroatoms. The first-order valence-corrected chi connectivity index (χ1v) is 10.8. The summed E-state index contributed by atoms with van der Waals surface area (Å²) in [7, 11) is 1.67. The fourth-order valence-corrected chi connectivity index (χ4v) is 4.45. The number of hydrogen-bond acceptors (Lipinski definition) is 4. The second-order valence-corrected chi connectivity index (χ2v) is 8.38. The number of Topliss-reactive ketones (excluding diaryl/α,β-unsaturated/α-hetero) is 1. The molecule has 0 aliphatic heterocycles. The van der Waals surface area contributed by atoms with Crippen LogP contribution >= 0.6 is 0 Å². The number of ketones is 1. The van der Waals surface area contributed by atoms with E-state index in [1.165, 1.54) is 12.8 Å². The smallest absolute Gasteiger partial charge is 0.161 e. The number of ether oxygens (including phenoxy) is 2. The molecule has 0 bridgehead atoms. The van der Waals surface area contributed by atoms with Gasteiger partial charge in [0.1, 0.15) is 5.78 Å². The van der Waals surface area contributed by atoms with Crippen molar-refractivity contribution in [1.29, 1.82) is 0 Å². The maximum absolute atomic E-state index is 12.0. The predicted molar refractivity (Wildman–Crippen MR) is 119 cm³/mol. The second-order valence-electron chi connectivity index (χ2n) is 8.38. The summed E-state index contributed by atoms with van der Waals surface area (Å²) in [4.78, 5) is 12.0. The van der Waals surface area contributed by atoms with Gasteiger partial charge in [-0.2, -0.15) is 0 Å². The fraction of sp³-hybridized carbons (Fsp3) is 0.423. The number of nitrogens with two attached hydrogens (primary N) is 1. The van der Waals surface area contributed by atoms with Crippen LogP contribution in [0.4, 0.5) is 5.69 Å². The van der Waals surface area contributed by atoms with E-state index >= 15 is 0 Å². The van der Waals surface area contributed by atoms with Crippen LogP contribution in [0.25, 0.3) is 0 Å². The number of benzene rings is 2. The van der Waals surface area contributed by atoms with Crippen LogP contribution in [0.1, 0.15) is 62.5 Å². The van der Waals surface area contributed by atoms with Gasteiger partial charge in [-0.25, -0.2) is 0 Å². The number of anilines is 1. The molecule has 0 radical (unpaired) electrons. The zero-order valence-corrected chi connectivity index (χ0v) is 17.6. The van der Waals surface area contributed by atoms with Crippen molar-refractivity contribution in [3.8, 4) is 23.3 Å². The van der Waals surface area contributed by atoms with Gasteiger partial charge in [0.2, 0.25) is 0 Å². The SMILES string of the molecule is COc1ccc(C2(C#Cc3ccc(N)cc3)CCC(=O)CC2)cc1OC1CCCC1. The van der Waals surface area contributed by atoms with Gasteiger partial charge in [-0.3, -0.25) is 4.79 Å². The summed E-state index contributed by atoms with van der Waals surface area (Å²) in [5.41, 5.74) is 8.19. The molecule has 4 nitrogen and oxygen atoms in total. The summed E-state index contributed by atoms with van der Waals surface area (Å²) in [6.45, 7) is 0. The number of hydrogen-bond donors (Lipinski definition) is 1. The molecule has 4 rings (SSSR count). The third kappa shape index (κ3) is 4.46. The van der Waals surface area contributed by atoms with Gasteiger partial charge in [0.05, 0.1) is 18.6 Å². The van der Waals surface area contributed by atoms with Crippen molar-refractivity contribution in [3.05, 3.63) is 53.6 Å². The summed E-state index contributed by atoms with van der Waals surface area (Å²) in [5, 5.41) is 0. The fourth-order valence-electron chi connectivity index (χ4n) is 4.45. The molecule has 2 aliphatic rings. The maximum atomic E-state index is 12.0. The van der Waals surface area contributed by atoms with E-state index in [4.69, 9.17) is 15.2 Å². The van der Waals surface area contributed by atoms with Crippen LogP contribution < -0.4 is 15.2 Å². The van der Waals surface area contributed by atoms with Crippen LogP contribution in [-0.2, 0) is 10.2 Å². The van der Waals surface area contributed by atoms with Gasteiger partial charge in [0.25, 0.3) is 0 Å². The highest BCUT2D eigenvalue weighted by atomic mass is 16.5. The van der Waals surface area contributed by atoms with Crippen molar-refractivity contribution in [1.82, 2.24) is 0 Å². The standard InChI is InChI=1S/C26H29NO3/c1-29-24-11-8-20(18-25(24)30-23-4-2-3-5-23)26(16-13-22(28)14-17-26)15-12-19-6-9-21(27)10-7-19/h6-11,18,23H,2-5,13-14,16-17,27H2,1H3. The molecule has 0 atom stereocenters. The van der Waals surface area contributed by atoms with Gasteiger partial charge in [-0.05, 0) is 80.5 Å². The van der Waals surface area contributed by atoms with Gasteiger partial charge in [0, 0.05) is 24.1 Å². The minimum absolute atomic E-state index is 0.249.